The van der Waals surface area contributed by atoms with E-state index in [0.29, 0.717) is 72.4 Å². The molecule has 6 rings (SSSR count). The number of amides is 13. The first-order valence-electron chi connectivity index (χ1n) is 40.8. The molecule has 14 atom stereocenters. The van der Waals surface area contributed by atoms with E-state index in [1.165, 1.54) is 87.8 Å². The van der Waals surface area contributed by atoms with E-state index in [4.69, 9.17) is 19.9 Å². The number of nitrogens with two attached hydrogens (primary N) is 1. The molecular weight excluding hydrogens is 1490 g/mol. The lowest BCUT2D eigenvalue weighted by Gasteiger charge is -2.42. The lowest BCUT2D eigenvalue weighted by Crippen LogP contribution is -2.59. The maximum Gasteiger partial charge on any atom is 0.410 e. The number of aliphatic hydroxyl groups excluding tert-OH is 1. The third-order valence-electron chi connectivity index (χ3n) is 22.5. The summed E-state index contributed by atoms with van der Waals surface area (Å²) in [6.45, 7) is 16.5. The van der Waals surface area contributed by atoms with Gasteiger partial charge in [-0.1, -0.05) is 142 Å². The number of carbonyl (C=O) groups is 12. The van der Waals surface area contributed by atoms with Crippen molar-refractivity contribution in [2.24, 2.45) is 35.3 Å². The molecule has 113 heavy (non-hydrogen) atoms. The number of ether oxygens (including phenoxy) is 3. The molecule has 1 aliphatic carbocycles. The second-order valence-electron chi connectivity index (χ2n) is 31.7. The summed E-state index contributed by atoms with van der Waals surface area (Å²) in [4.78, 5) is 174. The Kier molecular flexibility index (Phi) is 39.9. The predicted molar refractivity (Wildman–Crippen MR) is 437 cm³/mol. The van der Waals surface area contributed by atoms with Gasteiger partial charge in [-0.25, -0.2) is 9.59 Å². The monoisotopic (exact) mass is 1620 g/mol. The average molecular weight is 1620 g/mol. The normalized spacial score (nSPS) is 20.4. The van der Waals surface area contributed by atoms with E-state index in [0.717, 1.165) is 30.6 Å². The fourth-order valence-corrected chi connectivity index (χ4v) is 17.8. The second kappa shape index (κ2) is 48.0. The molecule has 0 aromatic heterocycles. The van der Waals surface area contributed by atoms with E-state index < -0.39 is 120 Å². The number of likely N-dealkylation sites (N-methyl/N-ethyl adjacent to an activating group) is 2. The molecule has 3 saturated heterocycles. The quantitative estimate of drug-likeness (QED) is 0.0297. The van der Waals surface area contributed by atoms with Crippen LogP contribution in [0.15, 0.2) is 54.6 Å². The van der Waals surface area contributed by atoms with Crippen LogP contribution in [-0.4, -0.2) is 244 Å². The van der Waals surface area contributed by atoms with Crippen molar-refractivity contribution in [1.82, 2.24) is 56.0 Å². The number of fused-ring (bicyclic) bond motifs is 6. The molecular formula is C82H131N13O16S2. The first kappa shape index (κ1) is 94.1. The predicted octanol–water partition coefficient (Wildman–Crippen LogP) is 8.27. The van der Waals surface area contributed by atoms with Crippen LogP contribution in [0.1, 0.15) is 208 Å². The summed E-state index contributed by atoms with van der Waals surface area (Å²) >= 11 is 3.08. The van der Waals surface area contributed by atoms with Crippen molar-refractivity contribution in [2.75, 3.05) is 84.0 Å². The van der Waals surface area contributed by atoms with Crippen LogP contribution in [0.4, 0.5) is 15.3 Å². The Balaban J connectivity index is 0.986. The van der Waals surface area contributed by atoms with E-state index in [2.05, 4.69) is 31.9 Å². The zero-order chi connectivity index (χ0) is 83.0. The van der Waals surface area contributed by atoms with Crippen LogP contribution in [0.25, 0.3) is 0 Å². The lowest BCUT2D eigenvalue weighted by molar-refractivity contribution is -0.158. The van der Waals surface area contributed by atoms with Crippen molar-refractivity contribution < 1.29 is 76.9 Å². The Hall–Kier alpha value is -7.74. The standard InChI is InChI=1S/C82H131N13O16S2/c1-14-54(6)73(65(109-12)46-70(100)95-43-25-34-64(95)75(110-13)55(7)76(102)85-56(8)74(101)60-29-19-17-20-30-60)90(10)80(106)57(9)86-79(105)72(53(4)5)91(11)82(108)111-47-59-36-38-61(39-37-59)87-77(103)63(33-24-42-84-81(83)107)88-78(104)71(52(2)3)89-66(96)48-112-44-40-68(98)93-49-92-50-94(51-93)69(99)41-45-113-62-31-21-16-15-18-26-58(27-22-32-62)28-23-35-67(92)97/h17,19-20,29-30,36-39,52-58,62-65,71-75,101H,14-16,18,21-28,31-35,40-51H2,1-13H3,(H,85,102)(H,86,105)(H,87,103)(H,88,104)(H,89,96)(H3,83,84,107)/t54-,55+,56+,57-,58?,62?,63-,64-,65+,71-,72-,73-,74+,75+/m0/s1. The summed E-state index contributed by atoms with van der Waals surface area (Å²) in [5, 5.41) is 28.1. The molecule has 0 radical (unpaired) electrons. The molecule has 29 nitrogen and oxygen atoms in total. The van der Waals surface area contributed by atoms with Crippen molar-refractivity contribution in [2.45, 2.75) is 263 Å². The minimum atomic E-state index is -1.15. The molecule has 13 amide bonds. The van der Waals surface area contributed by atoms with Gasteiger partial charge < -0.3 is 81.5 Å². The van der Waals surface area contributed by atoms with E-state index in [1.54, 1.807) is 107 Å². The number of primary amides is 1. The molecule has 4 aliphatic rings. The van der Waals surface area contributed by atoms with Crippen LogP contribution in [0, 0.1) is 29.6 Å². The van der Waals surface area contributed by atoms with Gasteiger partial charge in [0.15, 0.2) is 0 Å². The van der Waals surface area contributed by atoms with Crippen LogP contribution in [0.3, 0.4) is 0 Å². The summed E-state index contributed by atoms with van der Waals surface area (Å²) in [5.74, 6) is -4.10. The first-order valence-corrected chi connectivity index (χ1v) is 43.0. The van der Waals surface area contributed by atoms with E-state index in [9.17, 15) is 62.6 Å². The van der Waals surface area contributed by atoms with Crippen LogP contribution >= 0.6 is 23.5 Å². The zero-order valence-corrected chi connectivity index (χ0v) is 70.7. The number of anilines is 1. The number of methoxy groups -OCH3 is 2. The smallest absolute Gasteiger partial charge is 0.410 e. The highest BCUT2D eigenvalue weighted by molar-refractivity contribution is 8.00. The van der Waals surface area contributed by atoms with Gasteiger partial charge in [-0.15, -0.1) is 0 Å². The summed E-state index contributed by atoms with van der Waals surface area (Å²) < 4.78 is 17.7. The van der Waals surface area contributed by atoms with Crippen molar-refractivity contribution in [3.05, 3.63) is 65.7 Å². The Morgan fingerprint density at radius 1 is 0.690 bits per heavy atom. The van der Waals surface area contributed by atoms with Gasteiger partial charge in [-0.05, 0) is 112 Å². The molecule has 0 spiro atoms. The number of likely N-dealkylation sites (tertiary alicyclic amines) is 1. The molecule has 3 aliphatic heterocycles. The van der Waals surface area contributed by atoms with Crippen LogP contribution < -0.4 is 37.6 Å². The zero-order valence-electron chi connectivity index (χ0n) is 69.1. The van der Waals surface area contributed by atoms with Gasteiger partial charge >= 0.3 is 12.1 Å². The third kappa shape index (κ3) is 29.5. The van der Waals surface area contributed by atoms with Crippen LogP contribution in [0.5, 0.6) is 0 Å². The van der Waals surface area contributed by atoms with Crippen molar-refractivity contribution >= 4 is 100 Å². The molecule has 4 bridgehead atoms. The van der Waals surface area contributed by atoms with Gasteiger partial charge in [0.1, 0.15) is 30.8 Å². The minimum Gasteiger partial charge on any atom is -0.445 e. The Labute approximate surface area is 678 Å². The number of nitrogens with zero attached hydrogens (tertiary/aromatic N) is 6. The van der Waals surface area contributed by atoms with Crippen LogP contribution in [0.2, 0.25) is 0 Å². The Morgan fingerprint density at radius 3 is 1.99 bits per heavy atom. The number of hydrogen-bond acceptors (Lipinski definition) is 18. The lowest BCUT2D eigenvalue weighted by atomic mass is 9.90. The van der Waals surface area contributed by atoms with Crippen molar-refractivity contribution in [3.8, 4) is 0 Å². The minimum absolute atomic E-state index is 0.0419. The molecule has 2 aromatic rings. The highest BCUT2D eigenvalue weighted by atomic mass is 32.2. The summed E-state index contributed by atoms with van der Waals surface area (Å²) in [6, 6.07) is 8.57. The molecule has 2 aromatic carbocycles. The molecule has 4 fully saturated rings. The Bertz CT molecular complexity index is 3380. The molecule has 3 heterocycles. The van der Waals surface area contributed by atoms with Gasteiger partial charge in [0.25, 0.3) is 0 Å². The fraction of sp³-hybridized carbons (Fsp3) is 0.707. The first-order chi connectivity index (χ1) is 53.9. The third-order valence-corrected chi connectivity index (χ3v) is 24.8. The van der Waals surface area contributed by atoms with Gasteiger partial charge in [0.2, 0.25) is 59.1 Å². The van der Waals surface area contributed by atoms with Gasteiger partial charge in [0.05, 0.1) is 74.5 Å². The number of benzene rings is 2. The van der Waals surface area contributed by atoms with Gasteiger partial charge in [-0.3, -0.25) is 52.8 Å². The summed E-state index contributed by atoms with van der Waals surface area (Å²) in [5.41, 5.74) is 6.81. The molecule has 31 heteroatoms. The topological polar surface area (TPSA) is 370 Å². The highest BCUT2D eigenvalue weighted by Gasteiger charge is 2.44. The van der Waals surface area contributed by atoms with E-state index >= 15 is 0 Å². The Morgan fingerprint density at radius 2 is 1.35 bits per heavy atom. The number of rotatable bonds is 36. The van der Waals surface area contributed by atoms with E-state index in [-0.39, 0.29) is 106 Å². The molecule has 2 unspecified atom stereocenters. The number of thioether (sulfide) groups is 2. The average Bonchev–Trinajstić information content (AvgIpc) is 1.62. The van der Waals surface area contributed by atoms with E-state index in [1.807, 2.05) is 43.8 Å². The SMILES string of the molecule is CC[C@H](C)[C@@H]([C@@H](CC(=O)N1CCC[C@H]1[C@H](OC)[C@@H](C)C(=O)N[C@H](C)[C@@H](O)c1ccccc1)OC)N(C)C(=O)[C@H](C)NC(=O)[C@H](C(C)C)N(C)C(=O)OCc1ccc(NC(=O)[C@H](CCCNC(N)=O)NC(=O)[C@@H](NC(=O)CSCCC(=O)N2CN3CN(C2)C(=O)CCSC2CCCCCCC(CCCC3=O)CCC2)C(C)C)cc1. The fourth-order valence-electron chi connectivity index (χ4n) is 15.8. The van der Waals surface area contributed by atoms with Crippen molar-refractivity contribution in [1.29, 1.82) is 0 Å². The largest absolute Gasteiger partial charge is 0.445 e. The summed E-state index contributed by atoms with van der Waals surface area (Å²) in [6.07, 6.45) is 12.0. The number of carbonyl (C=O) groups excluding carboxylic acids is 12. The van der Waals surface area contributed by atoms with Gasteiger partial charge in [0, 0.05) is 83.1 Å². The molecule has 1 saturated carbocycles. The van der Waals surface area contributed by atoms with Crippen molar-refractivity contribution in [3.63, 3.8) is 0 Å². The van der Waals surface area contributed by atoms with Crippen LogP contribution in [-0.2, 0) is 68.8 Å². The maximum atomic E-state index is 14.5. The molecule has 9 N–H and O–H groups in total. The number of aliphatic hydroxyl groups is 1. The maximum absolute atomic E-state index is 14.5. The van der Waals surface area contributed by atoms with Gasteiger partial charge in [-0.2, -0.15) is 23.5 Å². The number of hydrogen-bond donors (Lipinski definition) is 8. The molecule has 632 valence electrons. The highest BCUT2D eigenvalue weighted by Crippen LogP contribution is 2.33. The summed E-state index contributed by atoms with van der Waals surface area (Å²) in [7, 11) is 6.03. The number of urea groups is 1. The number of nitrogens with one attached hydrogen (secondary N) is 6. The second-order valence-corrected chi connectivity index (χ2v) is 34.3.